The number of nitrogens with two attached hydrogens (primary N) is 1. The van der Waals surface area contributed by atoms with Crippen molar-refractivity contribution in [2.75, 3.05) is 0 Å². The van der Waals surface area contributed by atoms with Crippen molar-refractivity contribution in [1.82, 2.24) is 0 Å². The van der Waals surface area contributed by atoms with Crippen molar-refractivity contribution in [2.24, 2.45) is 11.7 Å². The maximum absolute atomic E-state index is 12.3. The lowest BCUT2D eigenvalue weighted by Crippen LogP contribution is -2.61. The van der Waals surface area contributed by atoms with Gasteiger partial charge < -0.3 is 60.1 Å². The van der Waals surface area contributed by atoms with Crippen LogP contribution >= 0.6 is 0 Å². The van der Waals surface area contributed by atoms with Crippen molar-refractivity contribution in [3.05, 3.63) is 60.8 Å². The Hall–Kier alpha value is -3.27. The molecule has 0 radical (unpaired) electrons. The molecule has 0 amide bonds. The zero-order valence-corrected chi connectivity index (χ0v) is 28.4. The molecule has 0 unspecified atom stereocenters. The summed E-state index contributed by atoms with van der Waals surface area (Å²) in [5, 5.41) is 71.3. The molecule has 0 aromatic heterocycles. The summed E-state index contributed by atoms with van der Waals surface area (Å²) >= 11 is 0. The van der Waals surface area contributed by atoms with Crippen molar-refractivity contribution < 1.29 is 63.9 Å². The number of nitrogens with zero attached hydrogens (tertiary/aromatic N) is 1. The Morgan fingerprint density at radius 3 is 2.32 bits per heavy atom. The van der Waals surface area contributed by atoms with Crippen LogP contribution in [0.5, 0.6) is 0 Å². The van der Waals surface area contributed by atoms with Gasteiger partial charge in [0.1, 0.15) is 24.2 Å². The number of ether oxygens (including phenoxy) is 5. The van der Waals surface area contributed by atoms with Crippen molar-refractivity contribution in [3.8, 4) is 6.07 Å². The number of allylic oxidation sites excluding steroid dienone is 6. The predicted octanol–water partition coefficient (Wildman–Crippen LogP) is 0.650. The average Bonchev–Trinajstić information content (AvgIpc) is 3.76. The summed E-state index contributed by atoms with van der Waals surface area (Å²) in [6.07, 6.45) is 5.25. The largest absolute Gasteiger partial charge is 0.481 e. The van der Waals surface area contributed by atoms with Crippen molar-refractivity contribution in [3.63, 3.8) is 0 Å². The van der Waals surface area contributed by atoms with Gasteiger partial charge in [0.25, 0.3) is 0 Å². The lowest BCUT2D eigenvalue weighted by Gasteiger charge is -2.45. The van der Waals surface area contributed by atoms with Crippen molar-refractivity contribution >= 4 is 11.9 Å². The first-order chi connectivity index (χ1) is 23.7. The number of nitriles is 1. The van der Waals surface area contributed by atoms with E-state index in [9.17, 15) is 40.2 Å². The standard InChI is InChI=1S/C33H47NO13.C2H3N/c1-18-10-8-6-4-3-5-7-9-11-21(45-32-30(39)28(34)29(38)19(2)44-32)15-25-27(31(40)41)22(36)17-33(42,47-25)16-20(35)14-24-23(46-24)12-13-26(37)43-18;1-2-3/h3-9,11-13,18-25,27-30,32,35-36,38-39,42H,10,14-17,34H2,1-2H3,(H,40,41);1H3/b4-3+,7-5+,8-6+,11-9+,13-12+;/t18-,19-,20+,21+,22+,23-,24-,25+,27-,28+,29-,30+,32+,33-;/m1./s1. The fourth-order valence-corrected chi connectivity index (χ4v) is 6.00. The lowest BCUT2D eigenvalue weighted by molar-refractivity contribution is -0.308. The SMILES string of the molecule is CC#N.C[C@@H]1C/C=C/C=C/C=C/C=C/[C@H](O[C@@H]2O[C@H](C)[C@@H](O)[C@H](N)[C@@H]2O)C[C@@H]2O[C@](O)(C[C@@H](O)C[C@H]3O[C@@H]3/C=C/C(=O)O1)C[C@H](O)[C@H]2C(=O)O. The smallest absolute Gasteiger partial charge is 0.330 e. The van der Waals surface area contributed by atoms with Crippen LogP contribution in [0.1, 0.15) is 52.9 Å². The summed E-state index contributed by atoms with van der Waals surface area (Å²) in [6, 6.07) is 0.673. The average molecular weight is 707 g/mol. The molecule has 0 aromatic rings. The molecule has 4 heterocycles. The van der Waals surface area contributed by atoms with Gasteiger partial charge in [-0.05, 0) is 19.9 Å². The molecule has 50 heavy (non-hydrogen) atoms. The van der Waals surface area contributed by atoms with E-state index in [-0.39, 0.29) is 25.4 Å². The molecule has 8 N–H and O–H groups in total. The molecule has 0 saturated carbocycles. The summed E-state index contributed by atoms with van der Waals surface area (Å²) in [7, 11) is 0. The number of hydrogen-bond acceptors (Lipinski definition) is 14. The summed E-state index contributed by atoms with van der Waals surface area (Å²) < 4.78 is 28.5. The van der Waals surface area contributed by atoms with E-state index in [1.807, 2.05) is 6.08 Å². The Kier molecular flexibility index (Phi) is 15.9. The van der Waals surface area contributed by atoms with Gasteiger partial charge in [-0.2, -0.15) is 5.26 Å². The predicted molar refractivity (Wildman–Crippen MR) is 176 cm³/mol. The number of rotatable bonds is 3. The fraction of sp³-hybridized carbons (Fsp3) is 0.629. The van der Waals surface area contributed by atoms with E-state index >= 15 is 0 Å². The van der Waals surface area contributed by atoms with E-state index in [4.69, 9.17) is 34.7 Å². The molecule has 0 aliphatic carbocycles. The van der Waals surface area contributed by atoms with Crippen molar-refractivity contribution in [2.45, 2.75) is 132 Å². The molecule has 15 nitrogen and oxygen atoms in total. The number of aliphatic hydroxyl groups is 5. The zero-order valence-electron chi connectivity index (χ0n) is 28.4. The Morgan fingerprint density at radius 1 is 0.980 bits per heavy atom. The second-order valence-electron chi connectivity index (χ2n) is 12.8. The molecule has 15 heteroatoms. The number of aliphatic hydroxyl groups excluding tert-OH is 4. The number of carbonyl (C=O) groups excluding carboxylic acids is 1. The fourth-order valence-electron chi connectivity index (χ4n) is 6.00. The van der Waals surface area contributed by atoms with Gasteiger partial charge in [0.15, 0.2) is 12.1 Å². The Labute approximate surface area is 291 Å². The highest BCUT2D eigenvalue weighted by molar-refractivity contribution is 5.82. The number of hydrogen-bond donors (Lipinski definition) is 7. The molecule has 4 aliphatic heterocycles. The van der Waals surface area contributed by atoms with Crippen LogP contribution in [0.2, 0.25) is 0 Å². The minimum Gasteiger partial charge on any atom is -0.481 e. The normalized spacial score (nSPS) is 44.6. The number of cyclic esters (lactones) is 1. The highest BCUT2D eigenvalue weighted by Gasteiger charge is 2.51. The Balaban J connectivity index is 0.00000217. The summed E-state index contributed by atoms with van der Waals surface area (Å²) in [6.45, 7) is 4.77. The quantitative estimate of drug-likeness (QED) is 0.157. The van der Waals surface area contributed by atoms with Gasteiger partial charge in [0, 0.05) is 45.1 Å². The van der Waals surface area contributed by atoms with E-state index in [0.717, 1.165) is 0 Å². The molecule has 278 valence electrons. The van der Waals surface area contributed by atoms with Crippen LogP contribution in [0.3, 0.4) is 0 Å². The van der Waals surface area contributed by atoms with E-state index in [2.05, 4.69) is 0 Å². The zero-order chi connectivity index (χ0) is 37.0. The van der Waals surface area contributed by atoms with Crippen LogP contribution in [0.25, 0.3) is 0 Å². The first-order valence-electron chi connectivity index (χ1n) is 16.6. The summed E-state index contributed by atoms with van der Waals surface area (Å²) in [4.78, 5) is 24.4. The number of carbonyl (C=O) groups is 2. The van der Waals surface area contributed by atoms with Gasteiger partial charge in [-0.3, -0.25) is 4.79 Å². The minimum absolute atomic E-state index is 0.0789. The van der Waals surface area contributed by atoms with Gasteiger partial charge >= 0.3 is 11.9 Å². The maximum atomic E-state index is 12.3. The van der Waals surface area contributed by atoms with Crippen LogP contribution in [0, 0.1) is 17.2 Å². The number of fused-ring (bicyclic) bond motifs is 3. The second kappa shape index (κ2) is 19.4. The second-order valence-corrected chi connectivity index (χ2v) is 12.8. The van der Waals surface area contributed by atoms with E-state index < -0.39 is 97.3 Å². The number of epoxide rings is 1. The third kappa shape index (κ3) is 12.5. The van der Waals surface area contributed by atoms with Gasteiger partial charge in [0.05, 0.1) is 54.8 Å². The molecule has 2 bridgehead atoms. The van der Waals surface area contributed by atoms with Crippen LogP contribution in [-0.2, 0) is 33.3 Å². The molecule has 0 aromatic carbocycles. The van der Waals surface area contributed by atoms with Crippen LogP contribution in [0.15, 0.2) is 60.8 Å². The number of aliphatic carboxylic acids is 1. The molecule has 3 saturated heterocycles. The first-order valence-corrected chi connectivity index (χ1v) is 16.6. The molecule has 14 atom stereocenters. The first kappa shape index (κ1) is 41.2. The highest BCUT2D eigenvalue weighted by atomic mass is 16.7. The van der Waals surface area contributed by atoms with Gasteiger partial charge in [-0.1, -0.05) is 48.6 Å². The topological polar surface area (TPSA) is 255 Å². The number of carboxylic acids is 1. The third-order valence-corrected chi connectivity index (χ3v) is 8.58. The monoisotopic (exact) mass is 706 g/mol. The molecule has 4 aliphatic rings. The maximum Gasteiger partial charge on any atom is 0.330 e. The van der Waals surface area contributed by atoms with Crippen LogP contribution < -0.4 is 5.73 Å². The third-order valence-electron chi connectivity index (χ3n) is 8.58. The van der Waals surface area contributed by atoms with Gasteiger partial charge in [-0.15, -0.1) is 0 Å². The number of carboxylic acid groups (broad SMARTS) is 1. The van der Waals surface area contributed by atoms with E-state index in [0.29, 0.717) is 6.42 Å². The molecule has 0 spiro atoms. The molecular formula is C35H50N2O13. The summed E-state index contributed by atoms with van der Waals surface area (Å²) in [5.74, 6) is -5.45. The van der Waals surface area contributed by atoms with Crippen molar-refractivity contribution in [1.29, 1.82) is 5.26 Å². The van der Waals surface area contributed by atoms with Crippen LogP contribution in [0.4, 0.5) is 0 Å². The molecule has 4 rings (SSSR count). The summed E-state index contributed by atoms with van der Waals surface area (Å²) in [5.41, 5.74) is 5.98. The van der Waals surface area contributed by atoms with Gasteiger partial charge in [0.2, 0.25) is 0 Å². The Morgan fingerprint density at radius 2 is 1.64 bits per heavy atom. The van der Waals surface area contributed by atoms with Crippen LogP contribution in [-0.4, -0.2) is 122 Å². The van der Waals surface area contributed by atoms with Gasteiger partial charge in [-0.25, -0.2) is 4.79 Å². The Bertz CT molecular complexity index is 1310. The molecule has 3 fully saturated rings. The lowest BCUT2D eigenvalue weighted by atomic mass is 9.83. The molecular weight excluding hydrogens is 656 g/mol. The number of esters is 1. The van der Waals surface area contributed by atoms with E-state index in [1.165, 1.54) is 19.1 Å². The minimum atomic E-state index is -2.10. The highest BCUT2D eigenvalue weighted by Crippen LogP contribution is 2.39. The van der Waals surface area contributed by atoms with E-state index in [1.54, 1.807) is 62.4 Å².